The molecule has 0 spiro atoms. The maximum Gasteiger partial charge on any atom is 0.306 e. The van der Waals surface area contributed by atoms with Gasteiger partial charge in [-0.2, -0.15) is 0 Å². The quantitative estimate of drug-likeness (QED) is 0.330. The third-order valence-corrected chi connectivity index (χ3v) is 7.46. The number of esters is 1. The summed E-state index contributed by atoms with van der Waals surface area (Å²) in [6, 6.07) is 0. The minimum Gasteiger partial charge on any atom is -0.471 e. The molecule has 0 aliphatic heterocycles. The number of hydrogen-bond donors (Lipinski definition) is 0. The summed E-state index contributed by atoms with van der Waals surface area (Å²) in [5.74, 6) is 2.07. The normalized spacial score (nSPS) is 32.9. The Kier molecular flexibility index (Phi) is 9.52. The number of carbonyl (C=O) groups excluding carboxylic acids is 3. The van der Waals surface area contributed by atoms with Gasteiger partial charge >= 0.3 is 5.97 Å². The molecule has 31 heavy (non-hydrogen) atoms. The highest BCUT2D eigenvalue weighted by Gasteiger charge is 2.54. The summed E-state index contributed by atoms with van der Waals surface area (Å²) >= 11 is 0. The standard InChI is InChI=1S/C22H30O3.C2H4O2.C2H6/c1-3-4-21(24)25-20-10-9-19-18-7-5-14-13-15(23)6-8-16(14)17(18)11-12-22(19,20)2;1-4-2-3;1-2/h11,13,16,18-20H,3-10,12H2,1-2H3;2H,1H3;1-2H3. The van der Waals surface area contributed by atoms with Gasteiger partial charge in [0.05, 0.1) is 7.11 Å². The van der Waals surface area contributed by atoms with Gasteiger partial charge in [0.2, 0.25) is 0 Å². The Morgan fingerprint density at radius 3 is 2.55 bits per heavy atom. The predicted molar refractivity (Wildman–Crippen MR) is 121 cm³/mol. The van der Waals surface area contributed by atoms with E-state index >= 15 is 0 Å². The molecule has 0 bridgehead atoms. The van der Waals surface area contributed by atoms with Gasteiger partial charge in [0.15, 0.2) is 5.78 Å². The van der Waals surface area contributed by atoms with Crippen LogP contribution in [0.4, 0.5) is 0 Å². The van der Waals surface area contributed by atoms with Gasteiger partial charge in [0, 0.05) is 24.2 Å². The molecule has 0 aromatic heterocycles. The zero-order valence-electron chi connectivity index (χ0n) is 19.9. The summed E-state index contributed by atoms with van der Waals surface area (Å²) in [5.41, 5.74) is 3.09. The van der Waals surface area contributed by atoms with E-state index in [9.17, 15) is 9.59 Å². The molecule has 0 aromatic carbocycles. The summed E-state index contributed by atoms with van der Waals surface area (Å²) in [5, 5.41) is 0. The van der Waals surface area contributed by atoms with E-state index in [0.29, 0.717) is 42.9 Å². The number of hydrogen-bond acceptors (Lipinski definition) is 5. The molecule has 5 nitrogen and oxygen atoms in total. The topological polar surface area (TPSA) is 69.7 Å². The molecule has 174 valence electrons. The monoisotopic (exact) mass is 432 g/mol. The van der Waals surface area contributed by atoms with Crippen molar-refractivity contribution in [2.45, 2.75) is 91.6 Å². The van der Waals surface area contributed by atoms with Gasteiger partial charge in [-0.15, -0.1) is 0 Å². The first-order chi connectivity index (χ1) is 14.9. The minimum atomic E-state index is -0.0243. The van der Waals surface area contributed by atoms with Crippen LogP contribution in [0.15, 0.2) is 23.3 Å². The Morgan fingerprint density at radius 1 is 1.19 bits per heavy atom. The fraction of sp³-hybridized carbons (Fsp3) is 0.731. The number of allylic oxidation sites excluding steroid dienone is 4. The Bertz CT molecular complexity index is 707. The van der Waals surface area contributed by atoms with Gasteiger partial charge < -0.3 is 9.47 Å². The summed E-state index contributed by atoms with van der Waals surface area (Å²) < 4.78 is 9.76. The largest absolute Gasteiger partial charge is 0.471 e. The molecule has 4 rings (SSSR count). The summed E-state index contributed by atoms with van der Waals surface area (Å²) in [4.78, 5) is 32.8. The van der Waals surface area contributed by atoms with Crippen LogP contribution in [0.5, 0.6) is 0 Å². The third-order valence-electron chi connectivity index (χ3n) is 7.46. The minimum absolute atomic E-state index is 0.0243. The van der Waals surface area contributed by atoms with Crippen molar-refractivity contribution in [3.05, 3.63) is 23.3 Å². The highest BCUT2D eigenvalue weighted by molar-refractivity contribution is 5.91. The van der Waals surface area contributed by atoms with E-state index in [4.69, 9.17) is 9.53 Å². The van der Waals surface area contributed by atoms with Crippen molar-refractivity contribution in [2.75, 3.05) is 7.11 Å². The van der Waals surface area contributed by atoms with E-state index in [1.54, 1.807) is 5.57 Å². The molecule has 4 aliphatic carbocycles. The molecule has 2 fully saturated rings. The first-order valence-electron chi connectivity index (χ1n) is 12.0. The fourth-order valence-corrected chi connectivity index (χ4v) is 6.08. The molecule has 0 radical (unpaired) electrons. The molecule has 0 aromatic rings. The number of methoxy groups -OCH3 is 1. The van der Waals surface area contributed by atoms with E-state index in [2.05, 4.69) is 17.7 Å². The molecular weight excluding hydrogens is 392 g/mol. The Labute approximate surface area is 187 Å². The van der Waals surface area contributed by atoms with Gasteiger partial charge in [-0.1, -0.05) is 44.9 Å². The predicted octanol–water partition coefficient (Wildman–Crippen LogP) is 5.58. The maximum absolute atomic E-state index is 12.0. The molecular formula is C26H40O5. The number of ether oxygens (including phenoxy) is 2. The van der Waals surface area contributed by atoms with Gasteiger partial charge in [-0.05, 0) is 62.9 Å². The van der Waals surface area contributed by atoms with E-state index in [1.807, 2.05) is 26.8 Å². The Hall–Kier alpha value is -1.91. The third kappa shape index (κ3) is 5.48. The lowest BCUT2D eigenvalue weighted by molar-refractivity contribution is -0.155. The van der Waals surface area contributed by atoms with E-state index in [0.717, 1.165) is 38.5 Å². The van der Waals surface area contributed by atoms with Gasteiger partial charge in [0.1, 0.15) is 6.10 Å². The molecule has 0 N–H and O–H groups in total. The second kappa shape index (κ2) is 11.6. The lowest BCUT2D eigenvalue weighted by atomic mass is 9.56. The molecule has 5 heteroatoms. The van der Waals surface area contributed by atoms with E-state index in [1.165, 1.54) is 19.1 Å². The molecule has 5 unspecified atom stereocenters. The molecule has 2 saturated carbocycles. The van der Waals surface area contributed by atoms with Gasteiger partial charge in [-0.25, -0.2) is 0 Å². The SMILES string of the molecule is CC.CCCC(=O)OC1CCC2C3CCC4=CC(=O)CCC4C3=CCC12C.COC=O. The highest BCUT2D eigenvalue weighted by Crippen LogP contribution is 2.60. The van der Waals surface area contributed by atoms with E-state index in [-0.39, 0.29) is 17.5 Å². The lowest BCUT2D eigenvalue weighted by Crippen LogP contribution is -2.43. The summed E-state index contributed by atoms with van der Waals surface area (Å²) in [7, 11) is 1.31. The number of fused-ring (bicyclic) bond motifs is 5. The zero-order valence-corrected chi connectivity index (χ0v) is 19.9. The van der Waals surface area contributed by atoms with Crippen LogP contribution in [0, 0.1) is 23.2 Å². The average molecular weight is 433 g/mol. The lowest BCUT2D eigenvalue weighted by Gasteiger charge is -2.49. The molecule has 5 atom stereocenters. The van der Waals surface area contributed by atoms with Crippen LogP contribution >= 0.6 is 0 Å². The zero-order chi connectivity index (χ0) is 23.0. The van der Waals surface area contributed by atoms with E-state index < -0.39 is 0 Å². The molecule has 4 aliphatic rings. The van der Waals surface area contributed by atoms with Crippen LogP contribution in [-0.4, -0.2) is 31.4 Å². The Balaban J connectivity index is 0.000000513. The van der Waals surface area contributed by atoms with Crippen LogP contribution < -0.4 is 0 Å². The van der Waals surface area contributed by atoms with Crippen molar-refractivity contribution in [3.8, 4) is 0 Å². The Morgan fingerprint density at radius 2 is 1.90 bits per heavy atom. The van der Waals surface area contributed by atoms with Gasteiger partial charge in [0.25, 0.3) is 6.47 Å². The first kappa shape index (κ1) is 25.4. The van der Waals surface area contributed by atoms with Crippen molar-refractivity contribution in [1.29, 1.82) is 0 Å². The van der Waals surface area contributed by atoms with Crippen molar-refractivity contribution >= 4 is 18.2 Å². The van der Waals surface area contributed by atoms with Crippen LogP contribution in [0.2, 0.25) is 0 Å². The average Bonchev–Trinajstić information content (AvgIpc) is 3.11. The van der Waals surface area contributed by atoms with Crippen molar-refractivity contribution < 1.29 is 23.9 Å². The van der Waals surface area contributed by atoms with Crippen molar-refractivity contribution in [2.24, 2.45) is 23.2 Å². The highest BCUT2D eigenvalue weighted by atomic mass is 16.5. The van der Waals surface area contributed by atoms with Gasteiger partial charge in [-0.3, -0.25) is 14.4 Å². The van der Waals surface area contributed by atoms with Crippen LogP contribution in [0.3, 0.4) is 0 Å². The molecule has 0 saturated heterocycles. The number of rotatable bonds is 4. The van der Waals surface area contributed by atoms with Crippen LogP contribution in [0.25, 0.3) is 0 Å². The van der Waals surface area contributed by atoms with Crippen molar-refractivity contribution in [3.63, 3.8) is 0 Å². The number of ketones is 1. The summed E-state index contributed by atoms with van der Waals surface area (Å²) in [6.07, 6.45) is 13.0. The second-order valence-electron chi connectivity index (χ2n) is 9.08. The first-order valence-corrected chi connectivity index (χ1v) is 12.0. The number of carbonyl (C=O) groups is 3. The van der Waals surface area contributed by atoms with Crippen LogP contribution in [0.1, 0.15) is 85.5 Å². The smallest absolute Gasteiger partial charge is 0.306 e. The fourth-order valence-electron chi connectivity index (χ4n) is 6.08. The van der Waals surface area contributed by atoms with Crippen molar-refractivity contribution in [1.82, 2.24) is 0 Å². The van der Waals surface area contributed by atoms with Crippen LogP contribution in [-0.2, 0) is 23.9 Å². The summed E-state index contributed by atoms with van der Waals surface area (Å²) in [6.45, 7) is 8.75. The maximum atomic E-state index is 12.0. The molecule has 0 amide bonds. The molecule has 0 heterocycles. The second-order valence-corrected chi connectivity index (χ2v) is 9.08.